The fourth-order valence-corrected chi connectivity index (χ4v) is 5.46. The lowest BCUT2D eigenvalue weighted by Gasteiger charge is -2.38. The van der Waals surface area contributed by atoms with Crippen molar-refractivity contribution in [2.75, 3.05) is 5.33 Å². The number of hydrogen-bond acceptors (Lipinski definition) is 1. The van der Waals surface area contributed by atoms with Crippen LogP contribution >= 0.6 is 47.8 Å². The van der Waals surface area contributed by atoms with E-state index < -0.39 is 0 Å². The molecule has 1 aliphatic rings. The van der Waals surface area contributed by atoms with Gasteiger partial charge in [0, 0.05) is 16.3 Å². The lowest BCUT2D eigenvalue weighted by atomic mass is 9.92. The van der Waals surface area contributed by atoms with Crippen LogP contribution in [0.3, 0.4) is 0 Å². The van der Waals surface area contributed by atoms with Gasteiger partial charge in [-0.05, 0) is 20.8 Å². The Labute approximate surface area is 117 Å². The van der Waals surface area contributed by atoms with Gasteiger partial charge in [-0.15, -0.1) is 0 Å². The Morgan fingerprint density at radius 3 is 2.07 bits per heavy atom. The summed E-state index contributed by atoms with van der Waals surface area (Å²) in [5.74, 6) is 0.159. The fourth-order valence-electron chi connectivity index (χ4n) is 1.73. The van der Waals surface area contributed by atoms with E-state index in [2.05, 4.69) is 75.5 Å². The molecule has 1 amide bonds. The molecule has 0 radical (unpaired) electrons. The molecule has 88 valence electrons. The van der Waals surface area contributed by atoms with Gasteiger partial charge in [-0.3, -0.25) is 4.79 Å². The van der Waals surface area contributed by atoms with Crippen LogP contribution in [0.2, 0.25) is 0 Å². The van der Waals surface area contributed by atoms with Gasteiger partial charge >= 0.3 is 0 Å². The Morgan fingerprint density at radius 2 is 1.87 bits per heavy atom. The number of halogens is 3. The SMILES string of the molecule is CC(C)(C)N1C(=O)[C@H](Br)[C@](C)(CBr)[C@@H]1Br. The number of alkyl halides is 3. The monoisotopic (exact) mass is 403 g/mol. The number of nitrogens with zero attached hydrogens (tertiary/aromatic N) is 1. The van der Waals surface area contributed by atoms with Crippen molar-refractivity contribution in [1.82, 2.24) is 4.90 Å². The largest absolute Gasteiger partial charge is 0.324 e. The maximum absolute atomic E-state index is 12.2. The van der Waals surface area contributed by atoms with Crippen molar-refractivity contribution in [3.8, 4) is 0 Å². The van der Waals surface area contributed by atoms with Crippen LogP contribution in [0.5, 0.6) is 0 Å². The normalized spacial score (nSPS) is 37.5. The predicted octanol–water partition coefficient (Wildman–Crippen LogP) is 3.51. The minimum absolute atomic E-state index is 0.0567. The van der Waals surface area contributed by atoms with Crippen molar-refractivity contribution in [2.45, 2.75) is 43.0 Å². The lowest BCUT2D eigenvalue weighted by molar-refractivity contribution is -0.131. The highest BCUT2D eigenvalue weighted by atomic mass is 79.9. The van der Waals surface area contributed by atoms with E-state index in [1.54, 1.807) is 0 Å². The number of carbonyl (C=O) groups is 1. The van der Waals surface area contributed by atoms with E-state index in [0.29, 0.717) is 0 Å². The molecule has 0 N–H and O–H groups in total. The summed E-state index contributed by atoms with van der Waals surface area (Å²) in [5.41, 5.74) is -0.276. The minimum Gasteiger partial charge on any atom is -0.324 e. The van der Waals surface area contributed by atoms with E-state index in [1.807, 2.05) is 4.90 Å². The van der Waals surface area contributed by atoms with Gasteiger partial charge in [0.1, 0.15) is 4.83 Å². The summed E-state index contributed by atoms with van der Waals surface area (Å²) in [5, 5.41) is 0.782. The first-order valence-corrected chi connectivity index (χ1v) is 7.79. The molecule has 15 heavy (non-hydrogen) atoms. The van der Waals surface area contributed by atoms with Crippen molar-refractivity contribution in [3.05, 3.63) is 0 Å². The molecule has 0 aromatic rings. The average molecular weight is 406 g/mol. The minimum atomic E-state index is -0.156. The molecule has 0 bridgehead atoms. The van der Waals surface area contributed by atoms with Gasteiger partial charge in [-0.1, -0.05) is 54.7 Å². The number of carbonyl (C=O) groups excluding carboxylic acids is 1. The van der Waals surface area contributed by atoms with Crippen LogP contribution in [0.25, 0.3) is 0 Å². The summed E-state index contributed by atoms with van der Waals surface area (Å²) in [6.07, 6.45) is 0. The van der Waals surface area contributed by atoms with Crippen molar-refractivity contribution in [3.63, 3.8) is 0 Å². The molecule has 3 atom stereocenters. The van der Waals surface area contributed by atoms with Gasteiger partial charge in [-0.2, -0.15) is 0 Å². The molecule has 1 rings (SSSR count). The smallest absolute Gasteiger partial charge is 0.238 e. The van der Waals surface area contributed by atoms with Crippen LogP contribution in [0.1, 0.15) is 27.7 Å². The quantitative estimate of drug-likeness (QED) is 0.483. The van der Waals surface area contributed by atoms with Crippen LogP contribution in [0, 0.1) is 5.41 Å². The second-order valence-electron chi connectivity index (χ2n) is 5.22. The second-order valence-corrected chi connectivity index (χ2v) is 7.56. The molecule has 1 aliphatic heterocycles. The molecular weight excluding hydrogens is 390 g/mol. The Balaban J connectivity index is 3.12. The average Bonchev–Trinajstić information content (AvgIpc) is 2.27. The summed E-state index contributed by atoms with van der Waals surface area (Å²) in [4.78, 5) is 14.0. The topological polar surface area (TPSA) is 20.3 Å². The van der Waals surface area contributed by atoms with Gasteiger partial charge in [-0.25, -0.2) is 0 Å². The van der Waals surface area contributed by atoms with Crippen LogP contribution in [-0.2, 0) is 4.79 Å². The van der Waals surface area contributed by atoms with Crippen molar-refractivity contribution >= 4 is 53.7 Å². The lowest BCUT2D eigenvalue weighted by Crippen LogP contribution is -2.47. The predicted molar refractivity (Wildman–Crippen MR) is 73.9 cm³/mol. The third kappa shape index (κ3) is 2.16. The Kier molecular flexibility index (Phi) is 4.00. The molecule has 0 unspecified atom stereocenters. The number of hydrogen-bond donors (Lipinski definition) is 0. The highest BCUT2D eigenvalue weighted by Crippen LogP contribution is 2.48. The molecule has 0 aromatic carbocycles. The van der Waals surface area contributed by atoms with Crippen molar-refractivity contribution in [1.29, 1.82) is 0 Å². The third-order valence-corrected chi connectivity index (χ3v) is 6.92. The van der Waals surface area contributed by atoms with E-state index >= 15 is 0 Å². The summed E-state index contributed by atoms with van der Waals surface area (Å²) in [6, 6.07) is 0. The Bertz CT molecular complexity index is 276. The molecule has 2 nitrogen and oxygen atoms in total. The molecule has 0 saturated carbocycles. The molecular formula is C10H16Br3NO. The molecule has 0 aliphatic carbocycles. The number of likely N-dealkylation sites (tertiary alicyclic amines) is 1. The first-order chi connectivity index (χ1) is 6.66. The van der Waals surface area contributed by atoms with E-state index in [1.165, 1.54) is 0 Å². The van der Waals surface area contributed by atoms with Gasteiger partial charge in [0.2, 0.25) is 5.91 Å². The summed E-state index contributed by atoms with van der Waals surface area (Å²) < 4.78 is 0. The summed E-state index contributed by atoms with van der Waals surface area (Å²) >= 11 is 10.7. The zero-order chi connectivity index (χ0) is 12.0. The van der Waals surface area contributed by atoms with Crippen LogP contribution in [0.15, 0.2) is 0 Å². The van der Waals surface area contributed by atoms with Crippen LogP contribution in [0.4, 0.5) is 0 Å². The second kappa shape index (κ2) is 4.30. The van der Waals surface area contributed by atoms with Gasteiger partial charge in [0.05, 0.1) is 4.95 Å². The van der Waals surface area contributed by atoms with Gasteiger partial charge in [0.25, 0.3) is 0 Å². The Morgan fingerprint density at radius 1 is 1.40 bits per heavy atom. The van der Waals surface area contributed by atoms with E-state index in [9.17, 15) is 4.79 Å². The van der Waals surface area contributed by atoms with E-state index in [0.717, 1.165) is 5.33 Å². The molecule has 0 spiro atoms. The molecule has 1 heterocycles. The van der Waals surface area contributed by atoms with Gasteiger partial charge in [0.15, 0.2) is 0 Å². The fraction of sp³-hybridized carbons (Fsp3) is 0.900. The van der Waals surface area contributed by atoms with Crippen molar-refractivity contribution < 1.29 is 4.79 Å². The maximum Gasteiger partial charge on any atom is 0.238 e. The van der Waals surface area contributed by atoms with E-state index in [4.69, 9.17) is 0 Å². The third-order valence-electron chi connectivity index (χ3n) is 2.81. The zero-order valence-electron chi connectivity index (χ0n) is 9.35. The number of rotatable bonds is 1. The molecule has 0 aromatic heterocycles. The zero-order valence-corrected chi connectivity index (χ0v) is 14.1. The molecule has 1 saturated heterocycles. The molecule has 5 heteroatoms. The highest BCUT2D eigenvalue weighted by Gasteiger charge is 2.56. The first-order valence-electron chi connectivity index (χ1n) is 4.83. The van der Waals surface area contributed by atoms with Gasteiger partial charge < -0.3 is 4.90 Å². The first kappa shape index (κ1) is 14.0. The summed E-state index contributed by atoms with van der Waals surface area (Å²) in [7, 11) is 0. The van der Waals surface area contributed by atoms with Crippen molar-refractivity contribution in [2.24, 2.45) is 5.41 Å². The molecule has 1 fully saturated rings. The standard InChI is InChI=1S/C10H16Br3NO/c1-9(2,3)14-7(15)6(12)10(4,5-11)8(14)13/h6,8H,5H2,1-4H3/t6-,8+,10-/m0/s1. The Hall–Kier alpha value is 0.910. The summed E-state index contributed by atoms with van der Waals surface area (Å²) in [6.45, 7) is 8.26. The number of amides is 1. The van der Waals surface area contributed by atoms with Crippen LogP contribution < -0.4 is 0 Å². The van der Waals surface area contributed by atoms with E-state index in [-0.39, 0.29) is 26.6 Å². The highest BCUT2D eigenvalue weighted by molar-refractivity contribution is 9.10. The van der Waals surface area contributed by atoms with Crippen LogP contribution in [-0.4, -0.2) is 31.5 Å². The maximum atomic E-state index is 12.2.